The summed E-state index contributed by atoms with van der Waals surface area (Å²) in [5.74, 6) is 0.0123. The summed E-state index contributed by atoms with van der Waals surface area (Å²) in [7, 11) is 0. The van der Waals surface area contributed by atoms with Crippen molar-refractivity contribution in [2.45, 2.75) is 39.5 Å². The van der Waals surface area contributed by atoms with Crippen molar-refractivity contribution in [1.29, 1.82) is 0 Å². The summed E-state index contributed by atoms with van der Waals surface area (Å²) in [4.78, 5) is 41.8. The van der Waals surface area contributed by atoms with E-state index in [0.717, 1.165) is 16.1 Å². The Morgan fingerprint density at radius 1 is 1.26 bits per heavy atom. The van der Waals surface area contributed by atoms with Crippen LogP contribution in [0.4, 0.5) is 16.2 Å². The zero-order chi connectivity index (χ0) is 25.1. The highest BCUT2D eigenvalue weighted by Gasteiger charge is 2.28. The molecule has 4 rings (SSSR count). The van der Waals surface area contributed by atoms with Crippen LogP contribution in [0.2, 0.25) is 0 Å². The topological polar surface area (TPSA) is 141 Å². The summed E-state index contributed by atoms with van der Waals surface area (Å²) in [6.45, 7) is 6.61. The average Bonchev–Trinajstić information content (AvgIpc) is 3.51. The second kappa shape index (κ2) is 10.2. The van der Waals surface area contributed by atoms with E-state index in [-0.39, 0.29) is 35.6 Å². The quantitative estimate of drug-likeness (QED) is 0.286. The average molecular weight is 500 g/mol. The smallest absolute Gasteiger partial charge is 0.360 e. The van der Waals surface area contributed by atoms with Gasteiger partial charge < -0.3 is 19.5 Å². The van der Waals surface area contributed by atoms with Crippen molar-refractivity contribution < 1.29 is 23.8 Å². The predicted molar refractivity (Wildman–Crippen MR) is 129 cm³/mol. The van der Waals surface area contributed by atoms with Crippen LogP contribution in [0, 0.1) is 24.0 Å². The number of nitrogens with zero attached hydrogens (tertiary/aromatic N) is 4. The van der Waals surface area contributed by atoms with Crippen LogP contribution in [0.25, 0.3) is 11.5 Å². The van der Waals surface area contributed by atoms with E-state index in [2.05, 4.69) is 15.5 Å². The molecule has 1 saturated heterocycles. The fourth-order valence-corrected chi connectivity index (χ4v) is 4.84. The Balaban J connectivity index is 1.37. The first kappa shape index (κ1) is 24.3. The second-order valence-electron chi connectivity index (χ2n) is 8.27. The van der Waals surface area contributed by atoms with Gasteiger partial charge in [0.25, 0.3) is 5.69 Å². The molecule has 11 nitrogen and oxygen atoms in total. The zero-order valence-corrected chi connectivity index (χ0v) is 20.4. The molecule has 3 heterocycles. The van der Waals surface area contributed by atoms with Crippen LogP contribution in [0.1, 0.15) is 52.3 Å². The van der Waals surface area contributed by atoms with Gasteiger partial charge in [-0.15, -0.1) is 11.3 Å². The van der Waals surface area contributed by atoms with E-state index in [0.29, 0.717) is 37.4 Å². The summed E-state index contributed by atoms with van der Waals surface area (Å²) in [6, 6.07) is 4.26. The summed E-state index contributed by atoms with van der Waals surface area (Å²) in [6.07, 6.45) is 1.42. The molecule has 35 heavy (non-hydrogen) atoms. The number of urea groups is 1. The maximum atomic E-state index is 12.8. The molecule has 1 N–H and O–H groups in total. The van der Waals surface area contributed by atoms with E-state index in [1.54, 1.807) is 24.8 Å². The number of carbonyl (C=O) groups excluding carboxylic acids is 2. The molecule has 2 amide bonds. The Morgan fingerprint density at radius 2 is 1.97 bits per heavy atom. The fourth-order valence-electron chi connectivity index (χ4n) is 3.86. The Kier molecular flexibility index (Phi) is 7.10. The van der Waals surface area contributed by atoms with Gasteiger partial charge in [0, 0.05) is 36.5 Å². The van der Waals surface area contributed by atoms with Crippen LogP contribution < -0.4 is 5.32 Å². The van der Waals surface area contributed by atoms with Gasteiger partial charge in [0.1, 0.15) is 11.4 Å². The minimum absolute atomic E-state index is 0.0970. The number of nitro groups is 1. The van der Waals surface area contributed by atoms with Crippen LogP contribution in [-0.4, -0.2) is 51.7 Å². The first-order valence-electron chi connectivity index (χ1n) is 11.2. The monoisotopic (exact) mass is 499 g/mol. The molecule has 3 aromatic rings. The van der Waals surface area contributed by atoms with Crippen molar-refractivity contribution in [1.82, 2.24) is 15.0 Å². The van der Waals surface area contributed by atoms with E-state index in [1.165, 1.54) is 23.5 Å². The molecular weight excluding hydrogens is 474 g/mol. The number of esters is 1. The number of thiazole rings is 1. The van der Waals surface area contributed by atoms with Crippen molar-refractivity contribution in [2.24, 2.45) is 0 Å². The van der Waals surface area contributed by atoms with Gasteiger partial charge in [-0.25, -0.2) is 14.6 Å². The van der Waals surface area contributed by atoms with Crippen molar-refractivity contribution >= 4 is 34.7 Å². The number of aromatic nitrogens is 2. The van der Waals surface area contributed by atoms with E-state index in [4.69, 9.17) is 9.26 Å². The Labute approximate surface area is 205 Å². The number of hydrogen-bond acceptors (Lipinski definition) is 9. The molecular formula is C23H25N5O6S. The number of piperidine rings is 1. The first-order chi connectivity index (χ1) is 16.8. The molecule has 0 atom stereocenters. The first-order valence-corrected chi connectivity index (χ1v) is 12.1. The number of amides is 2. The van der Waals surface area contributed by atoms with Crippen LogP contribution in [-0.2, 0) is 4.74 Å². The highest BCUT2D eigenvalue weighted by Crippen LogP contribution is 2.34. The number of ether oxygens (including phenoxy) is 1. The predicted octanol–water partition coefficient (Wildman–Crippen LogP) is 4.91. The van der Waals surface area contributed by atoms with Gasteiger partial charge in [-0.2, -0.15) is 0 Å². The third-order valence-electron chi connectivity index (χ3n) is 5.95. The second-order valence-corrected chi connectivity index (χ2v) is 9.16. The maximum absolute atomic E-state index is 12.8. The van der Waals surface area contributed by atoms with E-state index in [9.17, 15) is 19.7 Å². The lowest BCUT2D eigenvalue weighted by Crippen LogP contribution is -2.40. The maximum Gasteiger partial charge on any atom is 0.360 e. The number of hydrogen-bond donors (Lipinski definition) is 1. The molecule has 12 heteroatoms. The minimum atomic E-state index is -0.547. The molecule has 0 radical (unpaired) electrons. The molecule has 0 unspecified atom stereocenters. The summed E-state index contributed by atoms with van der Waals surface area (Å²) < 4.78 is 10.2. The summed E-state index contributed by atoms with van der Waals surface area (Å²) in [5.41, 5.74) is 2.43. The summed E-state index contributed by atoms with van der Waals surface area (Å²) >= 11 is 1.49. The molecule has 1 aliphatic rings. The number of aryl methyl sites for hydroxylation is 2. The standard InChI is InChI=1S/C23H25N5O6S/c1-4-33-22(29)17-11-20(34-26-17)18-12-35-21(24-18)15-5-7-27(8-6-15)23(30)25-16-9-13(2)14(3)10-19(16)28(31)32/h9-12,15H,4-8H2,1-3H3,(H,25,30). The van der Waals surface area contributed by atoms with Crippen molar-refractivity contribution in [3.05, 3.63) is 55.5 Å². The van der Waals surface area contributed by atoms with Gasteiger partial charge in [-0.1, -0.05) is 5.16 Å². The number of carbonyl (C=O) groups is 2. The van der Waals surface area contributed by atoms with Crippen molar-refractivity contribution in [2.75, 3.05) is 25.0 Å². The molecule has 2 aromatic heterocycles. The third-order valence-corrected chi connectivity index (χ3v) is 6.96. The number of likely N-dealkylation sites (tertiary alicyclic amines) is 1. The van der Waals surface area contributed by atoms with Crippen LogP contribution in [0.5, 0.6) is 0 Å². The number of rotatable bonds is 6. The molecule has 0 spiro atoms. The molecule has 0 saturated carbocycles. The van der Waals surface area contributed by atoms with E-state index in [1.807, 2.05) is 12.3 Å². The third kappa shape index (κ3) is 5.32. The van der Waals surface area contributed by atoms with Gasteiger partial charge in [-0.05, 0) is 50.8 Å². The SMILES string of the molecule is CCOC(=O)c1cc(-c2csc(C3CCN(C(=O)Nc4cc(C)c(C)cc4[N+](=O)[O-])CC3)n2)on1. The van der Waals surface area contributed by atoms with Crippen LogP contribution >= 0.6 is 11.3 Å². The lowest BCUT2D eigenvalue weighted by atomic mass is 9.98. The highest BCUT2D eigenvalue weighted by molar-refractivity contribution is 7.10. The molecule has 184 valence electrons. The van der Waals surface area contributed by atoms with Gasteiger partial charge in [0.05, 0.1) is 16.5 Å². The van der Waals surface area contributed by atoms with Gasteiger partial charge in [-0.3, -0.25) is 10.1 Å². The Hall–Kier alpha value is -3.80. The number of anilines is 1. The highest BCUT2D eigenvalue weighted by atomic mass is 32.1. The lowest BCUT2D eigenvalue weighted by molar-refractivity contribution is -0.384. The van der Waals surface area contributed by atoms with Crippen LogP contribution in [0.3, 0.4) is 0 Å². The molecule has 0 bridgehead atoms. The molecule has 1 aromatic carbocycles. The van der Waals surface area contributed by atoms with Gasteiger partial charge in [0.15, 0.2) is 11.5 Å². The van der Waals surface area contributed by atoms with Crippen LogP contribution in [0.15, 0.2) is 28.1 Å². The number of nitro benzene ring substituents is 1. The molecule has 0 aliphatic carbocycles. The van der Waals surface area contributed by atoms with E-state index < -0.39 is 10.9 Å². The minimum Gasteiger partial charge on any atom is -0.461 e. The normalized spacial score (nSPS) is 14.1. The van der Waals surface area contributed by atoms with E-state index >= 15 is 0 Å². The van der Waals surface area contributed by atoms with Crippen molar-refractivity contribution in [3.63, 3.8) is 0 Å². The zero-order valence-electron chi connectivity index (χ0n) is 19.6. The van der Waals surface area contributed by atoms with Gasteiger partial charge in [0.2, 0.25) is 0 Å². The summed E-state index contributed by atoms with van der Waals surface area (Å²) in [5, 5.41) is 20.6. The largest absolute Gasteiger partial charge is 0.461 e. The molecule has 1 fully saturated rings. The number of nitrogens with one attached hydrogen (secondary N) is 1. The lowest BCUT2D eigenvalue weighted by Gasteiger charge is -2.31. The van der Waals surface area contributed by atoms with Crippen molar-refractivity contribution in [3.8, 4) is 11.5 Å². The molecule has 1 aliphatic heterocycles. The Bertz CT molecular complexity index is 1260. The van der Waals surface area contributed by atoms with Gasteiger partial charge >= 0.3 is 12.0 Å². The fraction of sp³-hybridized carbons (Fsp3) is 0.391. The number of benzene rings is 1. The Morgan fingerprint density at radius 3 is 2.66 bits per heavy atom.